The second-order valence-corrected chi connectivity index (χ2v) is 17.1. The van der Waals surface area contributed by atoms with Crippen molar-refractivity contribution >= 4 is 63.8 Å². The third-order valence-electron chi connectivity index (χ3n) is 7.59. The van der Waals surface area contributed by atoms with Gasteiger partial charge in [-0.2, -0.15) is 4.39 Å². The molecule has 0 N–H and O–H groups in total. The van der Waals surface area contributed by atoms with Crippen molar-refractivity contribution in [2.45, 2.75) is 12.1 Å². The molecule has 0 saturated heterocycles. The molecular weight excluding hydrogens is 670 g/mol. The maximum Gasteiger partial charge on any atom is 0.365 e. The molecule has 0 atom stereocenters. The summed E-state index contributed by atoms with van der Waals surface area (Å²) < 4.78 is 71.3. The lowest BCUT2D eigenvalue weighted by molar-refractivity contribution is 0.466. The van der Waals surface area contributed by atoms with Gasteiger partial charge in [0.2, 0.25) is 19.7 Å². The van der Waals surface area contributed by atoms with Crippen LogP contribution in [0, 0.1) is 0 Å². The summed E-state index contributed by atoms with van der Waals surface area (Å²) in [6.45, 7) is 0. The van der Waals surface area contributed by atoms with Crippen LogP contribution in [0.2, 0.25) is 0 Å². The van der Waals surface area contributed by atoms with Gasteiger partial charge in [-0.3, -0.25) is 0 Å². The fraction of sp³-hybridized carbons (Fsp3) is 0.0303. The quantitative estimate of drug-likeness (QED) is 0.135. The van der Waals surface area contributed by atoms with E-state index in [2.05, 4.69) is 0 Å². The van der Waals surface area contributed by atoms with Crippen LogP contribution in [0.1, 0.15) is 0 Å². The van der Waals surface area contributed by atoms with E-state index in [0.29, 0.717) is 32.7 Å². The molecule has 6 aromatic carbocycles. The molecule has 1 aliphatic heterocycles. The summed E-state index contributed by atoms with van der Waals surface area (Å²) in [4.78, 5) is -0.672. The van der Waals surface area contributed by atoms with Gasteiger partial charge in [0, 0.05) is 22.3 Å². The van der Waals surface area contributed by atoms with E-state index in [1.54, 1.807) is 97.1 Å². The lowest BCUT2D eigenvalue weighted by Gasteiger charge is -2.21. The summed E-state index contributed by atoms with van der Waals surface area (Å²) in [6, 6.07) is 35.5. The second-order valence-electron chi connectivity index (χ2n) is 9.90. The van der Waals surface area contributed by atoms with E-state index < -0.39 is 22.0 Å². The standard InChI is InChI=1S/C33H20FIO4S2/c34-33(35)40(36,37)31-27(21-11-3-1-4-12-21)19-23-15-7-9-17-25(23)29(31)30-26-18-10-8-16-24(26)20-28(32(30)41(33,38)39)22-13-5-2-6-14-22/h1-20H. The Morgan fingerprint density at radius 1 is 0.512 bits per heavy atom. The summed E-state index contributed by atoms with van der Waals surface area (Å²) in [5, 5.41) is 2.45. The van der Waals surface area contributed by atoms with Crippen LogP contribution in [0.15, 0.2) is 131 Å². The predicted octanol–water partition coefficient (Wildman–Crippen LogP) is 8.57. The second kappa shape index (κ2) is 9.20. The fourth-order valence-corrected chi connectivity index (χ4v) is 11.1. The van der Waals surface area contributed by atoms with Crippen molar-refractivity contribution in [3.05, 3.63) is 121 Å². The van der Waals surface area contributed by atoms with Crippen LogP contribution in [-0.2, 0) is 19.7 Å². The van der Waals surface area contributed by atoms with Gasteiger partial charge < -0.3 is 0 Å². The Balaban J connectivity index is 1.85. The average Bonchev–Trinajstić information content (AvgIpc) is 3.03. The number of hydrogen-bond acceptors (Lipinski definition) is 4. The molecule has 4 nitrogen and oxygen atoms in total. The maximum atomic E-state index is 17.0. The third-order valence-corrected chi connectivity index (χ3v) is 15.6. The molecule has 8 heteroatoms. The number of rotatable bonds is 2. The molecule has 0 aliphatic carbocycles. The van der Waals surface area contributed by atoms with E-state index in [-0.39, 0.29) is 32.0 Å². The molecular formula is C33H20FIO4S2. The van der Waals surface area contributed by atoms with Gasteiger partial charge in [0.05, 0.1) is 9.79 Å². The molecule has 0 spiro atoms. The Morgan fingerprint density at radius 3 is 1.24 bits per heavy atom. The number of benzene rings is 6. The zero-order valence-corrected chi connectivity index (χ0v) is 25.0. The van der Waals surface area contributed by atoms with Crippen molar-refractivity contribution in [1.29, 1.82) is 0 Å². The molecule has 0 amide bonds. The number of sulfone groups is 2. The van der Waals surface area contributed by atoms with Gasteiger partial charge in [0.25, 0.3) is 0 Å². The number of fused-ring (bicyclic) bond motifs is 7. The number of alkyl halides is 2. The molecule has 0 fully saturated rings. The summed E-state index contributed by atoms with van der Waals surface area (Å²) in [6.07, 6.45) is 0. The van der Waals surface area contributed by atoms with E-state index in [1.165, 1.54) is 0 Å². The molecule has 0 saturated carbocycles. The molecule has 1 heterocycles. The molecule has 0 aromatic heterocycles. The Labute approximate surface area is 250 Å². The number of hydrogen-bond donors (Lipinski definition) is 0. The Kier molecular flexibility index (Phi) is 5.91. The third kappa shape index (κ3) is 3.67. The zero-order valence-electron chi connectivity index (χ0n) is 21.3. The van der Waals surface area contributed by atoms with E-state index in [0.717, 1.165) is 22.6 Å². The monoisotopic (exact) mass is 690 g/mol. The van der Waals surface area contributed by atoms with Gasteiger partial charge in [-0.05, 0) is 67.4 Å². The summed E-state index contributed by atoms with van der Waals surface area (Å²) >= 11 is 0.972. The van der Waals surface area contributed by atoms with Crippen molar-refractivity contribution in [2.24, 2.45) is 0 Å². The highest BCUT2D eigenvalue weighted by Gasteiger charge is 2.60. The first kappa shape index (κ1) is 26.3. The largest absolute Gasteiger partial charge is 0.365 e. The molecule has 202 valence electrons. The zero-order chi connectivity index (χ0) is 28.6. The highest BCUT2D eigenvalue weighted by Crippen LogP contribution is 2.57. The molecule has 41 heavy (non-hydrogen) atoms. The molecule has 7 rings (SSSR count). The van der Waals surface area contributed by atoms with Gasteiger partial charge in [0.1, 0.15) is 0 Å². The minimum absolute atomic E-state index is 0.186. The maximum absolute atomic E-state index is 17.0. The predicted molar refractivity (Wildman–Crippen MR) is 170 cm³/mol. The first-order valence-electron chi connectivity index (χ1n) is 12.7. The van der Waals surface area contributed by atoms with Crippen LogP contribution in [0.25, 0.3) is 54.9 Å². The van der Waals surface area contributed by atoms with Gasteiger partial charge in [-0.15, -0.1) is 0 Å². The number of halogens is 2. The molecule has 0 bridgehead atoms. The van der Waals surface area contributed by atoms with E-state index >= 15 is 4.39 Å². The van der Waals surface area contributed by atoms with Gasteiger partial charge >= 0.3 is 2.34 Å². The molecule has 0 radical (unpaired) electrons. The van der Waals surface area contributed by atoms with Crippen molar-refractivity contribution in [3.8, 4) is 33.4 Å². The van der Waals surface area contributed by atoms with E-state index in [1.807, 2.05) is 24.3 Å². The normalized spacial score (nSPS) is 16.5. The minimum Gasteiger partial charge on any atom is -0.218 e. The molecule has 1 aliphatic rings. The Hall–Kier alpha value is -3.60. The van der Waals surface area contributed by atoms with Gasteiger partial charge in [-0.25, -0.2) is 16.8 Å². The van der Waals surface area contributed by atoms with Gasteiger partial charge in [0.15, 0.2) is 0 Å². The van der Waals surface area contributed by atoms with Crippen LogP contribution < -0.4 is 0 Å². The first-order chi connectivity index (χ1) is 19.6. The first-order valence-corrected chi connectivity index (χ1v) is 16.8. The van der Waals surface area contributed by atoms with E-state index in [4.69, 9.17) is 0 Å². The Morgan fingerprint density at radius 2 is 0.854 bits per heavy atom. The van der Waals surface area contributed by atoms with Crippen molar-refractivity contribution in [2.75, 3.05) is 0 Å². The summed E-state index contributed by atoms with van der Waals surface area (Å²) in [7, 11) is -10.3. The lowest BCUT2D eigenvalue weighted by Crippen LogP contribution is -2.35. The van der Waals surface area contributed by atoms with Crippen LogP contribution >= 0.6 is 22.6 Å². The van der Waals surface area contributed by atoms with Crippen molar-refractivity contribution in [3.63, 3.8) is 0 Å². The molecule has 0 unspecified atom stereocenters. The molecule has 6 aromatic rings. The topological polar surface area (TPSA) is 68.3 Å². The van der Waals surface area contributed by atoms with Crippen LogP contribution in [0.5, 0.6) is 0 Å². The van der Waals surface area contributed by atoms with E-state index in [9.17, 15) is 16.8 Å². The summed E-state index contributed by atoms with van der Waals surface area (Å²) in [5.41, 5.74) is 1.94. The smallest absolute Gasteiger partial charge is 0.218 e. The van der Waals surface area contributed by atoms with Gasteiger partial charge in [-0.1, -0.05) is 109 Å². The van der Waals surface area contributed by atoms with Crippen molar-refractivity contribution < 1.29 is 21.2 Å². The highest BCUT2D eigenvalue weighted by molar-refractivity contribution is 14.1. The van der Waals surface area contributed by atoms with Crippen molar-refractivity contribution in [1.82, 2.24) is 0 Å². The lowest BCUT2D eigenvalue weighted by atomic mass is 9.88. The van der Waals surface area contributed by atoms with Crippen LogP contribution in [-0.4, -0.2) is 19.2 Å². The SMILES string of the molecule is O=S1(=O)c2c(-c3ccccc3)cc3ccccc3c2-c2c(c(-c3ccccc3)cc3ccccc23)S(=O)(=O)C1(F)I. The van der Waals surface area contributed by atoms with Crippen LogP contribution in [0.4, 0.5) is 4.39 Å². The van der Waals surface area contributed by atoms with Crippen LogP contribution in [0.3, 0.4) is 0 Å². The highest BCUT2D eigenvalue weighted by atomic mass is 127. The average molecular weight is 691 g/mol. The summed E-state index contributed by atoms with van der Waals surface area (Å²) in [5.74, 6) is 0. The minimum atomic E-state index is -5.14. The Bertz CT molecular complexity index is 2090. The fourth-order valence-electron chi connectivity index (χ4n) is 5.76.